The molecule has 3 nitrogen and oxygen atoms in total. The van der Waals surface area contributed by atoms with Crippen LogP contribution in [0.1, 0.15) is 54.2 Å². The third-order valence-corrected chi connectivity index (χ3v) is 4.03. The van der Waals surface area contributed by atoms with Crippen LogP contribution in [0.15, 0.2) is 18.2 Å². The number of rotatable bonds is 1. The fourth-order valence-corrected chi connectivity index (χ4v) is 1.96. The zero-order valence-corrected chi connectivity index (χ0v) is 13.1. The topological polar surface area (TPSA) is 31.4 Å². The Morgan fingerprint density at radius 2 is 1.53 bits per heavy atom. The van der Waals surface area contributed by atoms with Gasteiger partial charge in [0.05, 0.1) is 16.8 Å². The lowest BCUT2D eigenvalue weighted by molar-refractivity contribution is 0.00578. The van der Waals surface area contributed by atoms with Crippen LogP contribution in [0.4, 0.5) is 0 Å². The number of nitrogens with zero attached hydrogens (tertiary/aromatic N) is 1. The first-order chi connectivity index (χ1) is 8.53. The van der Waals surface area contributed by atoms with Gasteiger partial charge in [0.15, 0.2) is 0 Å². The normalized spacial score (nSPS) is 21.7. The van der Waals surface area contributed by atoms with Crippen LogP contribution >= 0.6 is 0 Å². The quantitative estimate of drug-likeness (QED) is 0.728. The van der Waals surface area contributed by atoms with Crippen LogP contribution in [0.3, 0.4) is 0 Å². The minimum atomic E-state index is -0.382. The second-order valence-electron chi connectivity index (χ2n) is 7.29. The average Bonchev–Trinajstić information content (AvgIpc) is 2.47. The predicted octanol–water partition coefficient (Wildman–Crippen LogP) is 2.68. The third kappa shape index (κ3) is 2.70. The van der Waals surface area contributed by atoms with Gasteiger partial charge in [-0.05, 0) is 39.8 Å². The second-order valence-corrected chi connectivity index (χ2v) is 7.29. The summed E-state index contributed by atoms with van der Waals surface area (Å²) in [6, 6.07) is 6.04. The lowest BCUT2D eigenvalue weighted by atomic mass is 9.82. The van der Waals surface area contributed by atoms with E-state index < -0.39 is 0 Å². The molecule has 104 valence electrons. The molecular formula is C15H24BNO2. The van der Waals surface area contributed by atoms with E-state index in [4.69, 9.17) is 14.3 Å². The first-order valence-electron chi connectivity index (χ1n) is 6.86. The molecule has 0 aliphatic carbocycles. The summed E-state index contributed by atoms with van der Waals surface area (Å²) >= 11 is 0. The zero-order valence-electron chi connectivity index (χ0n) is 13.1. The second kappa shape index (κ2) is 4.32. The molecule has 0 saturated carbocycles. The van der Waals surface area contributed by atoms with Gasteiger partial charge < -0.3 is 9.31 Å². The van der Waals surface area contributed by atoms with Crippen molar-refractivity contribution >= 4 is 12.7 Å². The van der Waals surface area contributed by atoms with E-state index in [9.17, 15) is 0 Å². The molecule has 1 fully saturated rings. The first kappa shape index (κ1) is 14.5. The van der Waals surface area contributed by atoms with Gasteiger partial charge in [0.1, 0.15) is 0 Å². The van der Waals surface area contributed by atoms with Crippen LogP contribution < -0.4 is 5.59 Å². The van der Waals surface area contributed by atoms with Crippen molar-refractivity contribution in [2.24, 2.45) is 0 Å². The highest BCUT2D eigenvalue weighted by atomic mass is 16.7. The molecule has 0 spiro atoms. The van der Waals surface area contributed by atoms with Crippen molar-refractivity contribution in [3.05, 3.63) is 23.9 Å². The summed E-state index contributed by atoms with van der Waals surface area (Å²) in [4.78, 5) is 4.71. The Balaban J connectivity index is 2.30. The number of aromatic nitrogens is 1. The summed E-state index contributed by atoms with van der Waals surface area (Å²) < 4.78 is 12.1. The number of hydrogen-bond donors (Lipinski definition) is 0. The summed E-state index contributed by atoms with van der Waals surface area (Å²) in [5, 5.41) is 0. The zero-order chi connectivity index (χ0) is 14.5. The Bertz CT molecular complexity index is 461. The van der Waals surface area contributed by atoms with Gasteiger partial charge in [-0.2, -0.15) is 0 Å². The van der Waals surface area contributed by atoms with Gasteiger partial charge in [-0.25, -0.2) is 0 Å². The van der Waals surface area contributed by atoms with Crippen molar-refractivity contribution in [3.8, 4) is 0 Å². The minimum absolute atomic E-state index is 0.0274. The van der Waals surface area contributed by atoms with Crippen molar-refractivity contribution in [1.82, 2.24) is 4.98 Å². The molecule has 0 N–H and O–H groups in total. The molecule has 0 unspecified atom stereocenters. The van der Waals surface area contributed by atoms with Crippen LogP contribution in [-0.4, -0.2) is 23.3 Å². The van der Waals surface area contributed by atoms with Crippen molar-refractivity contribution < 1.29 is 9.31 Å². The van der Waals surface area contributed by atoms with Crippen LogP contribution in [-0.2, 0) is 14.7 Å². The smallest absolute Gasteiger partial charge is 0.398 e. The molecule has 19 heavy (non-hydrogen) atoms. The number of hydrogen-bond acceptors (Lipinski definition) is 3. The molecule has 2 rings (SSSR count). The molecule has 0 atom stereocenters. The van der Waals surface area contributed by atoms with Crippen LogP contribution in [0.25, 0.3) is 0 Å². The Hall–Kier alpha value is -0.865. The maximum Gasteiger partial charge on any atom is 0.514 e. The summed E-state index contributed by atoms with van der Waals surface area (Å²) in [6.07, 6.45) is 0. The van der Waals surface area contributed by atoms with Gasteiger partial charge >= 0.3 is 7.12 Å². The Morgan fingerprint density at radius 1 is 1.00 bits per heavy atom. The van der Waals surface area contributed by atoms with Gasteiger partial charge in [0, 0.05) is 11.1 Å². The third-order valence-electron chi connectivity index (χ3n) is 4.03. The van der Waals surface area contributed by atoms with E-state index in [1.165, 1.54) is 0 Å². The van der Waals surface area contributed by atoms with Crippen molar-refractivity contribution in [2.45, 2.75) is 65.1 Å². The molecular weight excluding hydrogens is 237 g/mol. The maximum absolute atomic E-state index is 6.03. The monoisotopic (exact) mass is 261 g/mol. The molecule has 0 aromatic carbocycles. The standard InChI is InChI=1S/C15H24BNO2/c1-13(2,3)11-9-8-10-12(17-11)16-18-14(4,5)15(6,7)19-16/h8-10H,1-7H3. The molecule has 1 aromatic rings. The van der Waals surface area contributed by atoms with Gasteiger partial charge in [-0.3, -0.25) is 4.98 Å². The van der Waals surface area contributed by atoms with E-state index >= 15 is 0 Å². The highest BCUT2D eigenvalue weighted by Crippen LogP contribution is 2.36. The number of pyridine rings is 1. The van der Waals surface area contributed by atoms with E-state index in [2.05, 4.69) is 54.5 Å². The fourth-order valence-electron chi connectivity index (χ4n) is 1.96. The summed E-state index contributed by atoms with van der Waals surface area (Å²) in [7, 11) is -0.382. The van der Waals surface area contributed by atoms with Gasteiger partial charge in [-0.15, -0.1) is 0 Å². The molecule has 0 radical (unpaired) electrons. The summed E-state index contributed by atoms with van der Waals surface area (Å²) in [5.74, 6) is 0. The highest BCUT2D eigenvalue weighted by Gasteiger charge is 2.52. The Labute approximate surface area is 116 Å². The average molecular weight is 261 g/mol. The highest BCUT2D eigenvalue weighted by molar-refractivity contribution is 6.61. The molecule has 1 aromatic heterocycles. The van der Waals surface area contributed by atoms with Crippen molar-refractivity contribution in [1.29, 1.82) is 0 Å². The molecule has 2 heterocycles. The first-order valence-corrected chi connectivity index (χ1v) is 6.86. The fraction of sp³-hybridized carbons (Fsp3) is 0.667. The SMILES string of the molecule is CC(C)(C)c1cccc(B2OC(C)(C)C(C)(C)O2)n1. The van der Waals surface area contributed by atoms with Gasteiger partial charge in [-0.1, -0.05) is 26.8 Å². The molecule has 1 aliphatic heterocycles. The van der Waals surface area contributed by atoms with Crippen molar-refractivity contribution in [3.63, 3.8) is 0 Å². The van der Waals surface area contributed by atoms with Crippen LogP contribution in [0, 0.1) is 0 Å². The van der Waals surface area contributed by atoms with Crippen LogP contribution in [0.2, 0.25) is 0 Å². The Morgan fingerprint density at radius 3 is 2.00 bits per heavy atom. The van der Waals surface area contributed by atoms with E-state index in [0.717, 1.165) is 11.3 Å². The molecule has 0 amide bonds. The van der Waals surface area contributed by atoms with E-state index in [0.29, 0.717) is 0 Å². The minimum Gasteiger partial charge on any atom is -0.398 e. The molecule has 1 aliphatic rings. The maximum atomic E-state index is 6.03. The van der Waals surface area contributed by atoms with Crippen LogP contribution in [0.5, 0.6) is 0 Å². The van der Waals surface area contributed by atoms with E-state index in [1.54, 1.807) is 0 Å². The summed E-state index contributed by atoms with van der Waals surface area (Å²) in [6.45, 7) is 14.7. The lowest BCUT2D eigenvalue weighted by Gasteiger charge is -2.32. The molecule has 0 bridgehead atoms. The molecule has 4 heteroatoms. The largest absolute Gasteiger partial charge is 0.514 e. The van der Waals surface area contributed by atoms with Gasteiger partial charge in [0.2, 0.25) is 0 Å². The van der Waals surface area contributed by atoms with E-state index in [-0.39, 0.29) is 23.7 Å². The van der Waals surface area contributed by atoms with Crippen molar-refractivity contribution in [2.75, 3.05) is 0 Å². The summed E-state index contributed by atoms with van der Waals surface area (Å²) in [5.41, 5.74) is 1.29. The van der Waals surface area contributed by atoms with E-state index in [1.807, 2.05) is 12.1 Å². The van der Waals surface area contributed by atoms with Gasteiger partial charge in [0.25, 0.3) is 0 Å². The lowest BCUT2D eigenvalue weighted by Crippen LogP contribution is -2.41. The predicted molar refractivity (Wildman–Crippen MR) is 78.7 cm³/mol. The Kier molecular flexibility index (Phi) is 3.31. The molecule has 1 saturated heterocycles.